The zero-order valence-corrected chi connectivity index (χ0v) is 16.7. The van der Waals surface area contributed by atoms with E-state index < -0.39 is 6.10 Å². The number of ether oxygens (including phenoxy) is 2. The molecule has 0 fully saturated rings. The van der Waals surface area contributed by atoms with Crippen LogP contribution < -0.4 is 20.1 Å². The summed E-state index contributed by atoms with van der Waals surface area (Å²) in [6.07, 6.45) is -0.539. The molecular formula is C21H19N3O4S. The van der Waals surface area contributed by atoms with E-state index in [0.29, 0.717) is 35.0 Å². The van der Waals surface area contributed by atoms with Crippen LogP contribution in [0, 0.1) is 6.92 Å². The van der Waals surface area contributed by atoms with Gasteiger partial charge < -0.3 is 20.1 Å². The summed E-state index contributed by atoms with van der Waals surface area (Å²) in [6.45, 7) is 4.02. The van der Waals surface area contributed by atoms with Crippen molar-refractivity contribution < 1.29 is 19.1 Å². The van der Waals surface area contributed by atoms with Crippen LogP contribution >= 0.6 is 11.3 Å². The molecule has 0 saturated carbocycles. The molecule has 0 unspecified atom stereocenters. The van der Waals surface area contributed by atoms with Crippen LogP contribution in [0.5, 0.6) is 11.5 Å². The summed E-state index contributed by atoms with van der Waals surface area (Å²) in [4.78, 5) is 28.6. The molecule has 1 aliphatic heterocycles. The van der Waals surface area contributed by atoms with Crippen molar-refractivity contribution in [3.63, 3.8) is 0 Å². The number of benzene rings is 2. The minimum atomic E-state index is -0.539. The maximum absolute atomic E-state index is 12.5. The number of hydrogen-bond donors (Lipinski definition) is 2. The number of aryl methyl sites for hydroxylation is 1. The SMILES string of the molecule is Cc1nc(COc2ccc(C(=O)Nc3ccc4c(c3)NC(=O)[C@H](C)O4)cc2)cs1. The number of amides is 2. The number of thiazole rings is 1. The molecule has 29 heavy (non-hydrogen) atoms. The lowest BCUT2D eigenvalue weighted by molar-refractivity contribution is -0.122. The van der Waals surface area contributed by atoms with Crippen LogP contribution in [-0.4, -0.2) is 22.9 Å². The Labute approximate surface area is 171 Å². The van der Waals surface area contributed by atoms with E-state index in [1.165, 1.54) is 0 Å². The number of carbonyl (C=O) groups excluding carboxylic acids is 2. The smallest absolute Gasteiger partial charge is 0.265 e. The highest BCUT2D eigenvalue weighted by molar-refractivity contribution is 7.09. The summed E-state index contributed by atoms with van der Waals surface area (Å²) in [5.41, 5.74) is 2.47. The Balaban J connectivity index is 1.38. The van der Waals surface area contributed by atoms with E-state index in [0.717, 1.165) is 10.7 Å². The number of rotatable bonds is 5. The topological polar surface area (TPSA) is 89.5 Å². The first-order valence-corrected chi connectivity index (χ1v) is 9.93. The van der Waals surface area contributed by atoms with E-state index in [2.05, 4.69) is 15.6 Å². The maximum Gasteiger partial charge on any atom is 0.265 e. The molecule has 1 aromatic heterocycles. The average molecular weight is 409 g/mol. The molecule has 8 heteroatoms. The Morgan fingerprint density at radius 3 is 2.79 bits per heavy atom. The van der Waals surface area contributed by atoms with Crippen molar-refractivity contribution >= 4 is 34.5 Å². The van der Waals surface area contributed by atoms with Gasteiger partial charge in [-0.3, -0.25) is 9.59 Å². The second-order valence-corrected chi connectivity index (χ2v) is 7.65. The van der Waals surface area contributed by atoms with Gasteiger partial charge in [-0.15, -0.1) is 11.3 Å². The Morgan fingerprint density at radius 2 is 2.07 bits per heavy atom. The molecule has 0 saturated heterocycles. The third kappa shape index (κ3) is 4.38. The monoisotopic (exact) mass is 409 g/mol. The molecule has 4 rings (SSSR count). The van der Waals surface area contributed by atoms with Crippen LogP contribution in [0.1, 0.15) is 28.0 Å². The Kier molecular flexibility index (Phi) is 5.18. The summed E-state index contributed by atoms with van der Waals surface area (Å²) >= 11 is 1.58. The van der Waals surface area contributed by atoms with E-state index in [-0.39, 0.29) is 11.8 Å². The minimum Gasteiger partial charge on any atom is -0.487 e. The van der Waals surface area contributed by atoms with Crippen molar-refractivity contribution in [3.05, 3.63) is 64.1 Å². The normalized spacial score (nSPS) is 15.1. The molecule has 2 aromatic carbocycles. The molecule has 1 atom stereocenters. The number of aromatic nitrogens is 1. The molecular weight excluding hydrogens is 390 g/mol. The second kappa shape index (κ2) is 7.92. The highest BCUT2D eigenvalue weighted by Crippen LogP contribution is 2.32. The molecule has 0 spiro atoms. The highest BCUT2D eigenvalue weighted by Gasteiger charge is 2.23. The van der Waals surface area contributed by atoms with Gasteiger partial charge in [0.05, 0.1) is 16.4 Å². The predicted molar refractivity (Wildman–Crippen MR) is 111 cm³/mol. The van der Waals surface area contributed by atoms with Crippen LogP contribution in [0.25, 0.3) is 0 Å². The van der Waals surface area contributed by atoms with E-state index in [4.69, 9.17) is 9.47 Å². The molecule has 7 nitrogen and oxygen atoms in total. The zero-order valence-electron chi connectivity index (χ0n) is 15.9. The molecule has 0 radical (unpaired) electrons. The zero-order chi connectivity index (χ0) is 20.4. The highest BCUT2D eigenvalue weighted by atomic mass is 32.1. The quantitative estimate of drug-likeness (QED) is 0.665. The number of anilines is 2. The van der Waals surface area contributed by atoms with Crippen LogP contribution in [0.3, 0.4) is 0 Å². The molecule has 2 N–H and O–H groups in total. The van der Waals surface area contributed by atoms with Gasteiger partial charge in [0.1, 0.15) is 18.1 Å². The van der Waals surface area contributed by atoms with E-state index in [1.807, 2.05) is 12.3 Å². The van der Waals surface area contributed by atoms with Gasteiger partial charge in [0.25, 0.3) is 11.8 Å². The lowest BCUT2D eigenvalue weighted by Gasteiger charge is -2.23. The Bertz CT molecular complexity index is 1060. The summed E-state index contributed by atoms with van der Waals surface area (Å²) < 4.78 is 11.2. The van der Waals surface area contributed by atoms with Crippen molar-refractivity contribution in [1.29, 1.82) is 0 Å². The van der Waals surface area contributed by atoms with Gasteiger partial charge in [0.2, 0.25) is 0 Å². The van der Waals surface area contributed by atoms with Crippen molar-refractivity contribution in [3.8, 4) is 11.5 Å². The number of carbonyl (C=O) groups is 2. The molecule has 0 aliphatic carbocycles. The maximum atomic E-state index is 12.5. The van der Waals surface area contributed by atoms with Crippen molar-refractivity contribution in [2.45, 2.75) is 26.6 Å². The molecule has 1 aliphatic rings. The van der Waals surface area contributed by atoms with Gasteiger partial charge >= 0.3 is 0 Å². The number of nitrogens with zero attached hydrogens (tertiary/aromatic N) is 1. The van der Waals surface area contributed by atoms with E-state index in [1.54, 1.807) is 60.7 Å². The number of hydrogen-bond acceptors (Lipinski definition) is 6. The third-order valence-corrected chi connectivity index (χ3v) is 5.16. The van der Waals surface area contributed by atoms with E-state index in [9.17, 15) is 9.59 Å². The number of nitrogens with one attached hydrogen (secondary N) is 2. The second-order valence-electron chi connectivity index (χ2n) is 6.59. The first kappa shape index (κ1) is 18.9. The van der Waals surface area contributed by atoms with Crippen LogP contribution in [-0.2, 0) is 11.4 Å². The van der Waals surface area contributed by atoms with Crippen molar-refractivity contribution in [1.82, 2.24) is 4.98 Å². The average Bonchev–Trinajstić information content (AvgIpc) is 3.13. The van der Waals surface area contributed by atoms with Gasteiger partial charge in [-0.1, -0.05) is 0 Å². The van der Waals surface area contributed by atoms with Crippen LogP contribution in [0.2, 0.25) is 0 Å². The van der Waals surface area contributed by atoms with Crippen molar-refractivity contribution in [2.24, 2.45) is 0 Å². The minimum absolute atomic E-state index is 0.218. The fourth-order valence-corrected chi connectivity index (χ4v) is 3.42. The molecule has 2 amide bonds. The van der Waals surface area contributed by atoms with Crippen LogP contribution in [0.4, 0.5) is 11.4 Å². The predicted octanol–water partition coefficient (Wildman–Crippen LogP) is 4.00. The summed E-state index contributed by atoms with van der Waals surface area (Å²) in [7, 11) is 0. The summed E-state index contributed by atoms with van der Waals surface area (Å²) in [5, 5.41) is 8.54. The third-order valence-electron chi connectivity index (χ3n) is 4.34. The number of fused-ring (bicyclic) bond motifs is 1. The van der Waals surface area contributed by atoms with E-state index >= 15 is 0 Å². The Morgan fingerprint density at radius 1 is 1.28 bits per heavy atom. The fourth-order valence-electron chi connectivity index (χ4n) is 2.82. The van der Waals surface area contributed by atoms with Gasteiger partial charge in [-0.25, -0.2) is 4.98 Å². The molecule has 2 heterocycles. The fraction of sp³-hybridized carbons (Fsp3) is 0.190. The Hall–Kier alpha value is -3.39. The lowest BCUT2D eigenvalue weighted by atomic mass is 10.1. The first-order chi connectivity index (χ1) is 14.0. The molecule has 148 valence electrons. The standard InChI is InChI=1S/C21H19N3O4S/c1-12-20(25)24-18-9-15(5-8-19(18)28-12)23-21(26)14-3-6-17(7-4-14)27-10-16-11-29-13(2)22-16/h3-9,11-12H,10H2,1-2H3,(H,23,26)(H,24,25)/t12-/m0/s1. The molecule has 3 aromatic rings. The van der Waals surface area contributed by atoms with Crippen LogP contribution in [0.15, 0.2) is 47.8 Å². The summed E-state index contributed by atoms with van der Waals surface area (Å²) in [5.74, 6) is 0.759. The van der Waals surface area contributed by atoms with Gasteiger partial charge in [-0.2, -0.15) is 0 Å². The van der Waals surface area contributed by atoms with Gasteiger partial charge in [-0.05, 0) is 56.3 Å². The van der Waals surface area contributed by atoms with Gasteiger partial charge in [0, 0.05) is 16.6 Å². The molecule has 0 bridgehead atoms. The lowest BCUT2D eigenvalue weighted by Crippen LogP contribution is -2.34. The summed E-state index contributed by atoms with van der Waals surface area (Å²) in [6, 6.07) is 12.0. The van der Waals surface area contributed by atoms with Crippen molar-refractivity contribution in [2.75, 3.05) is 10.6 Å². The first-order valence-electron chi connectivity index (χ1n) is 9.05. The van der Waals surface area contributed by atoms with Gasteiger partial charge in [0.15, 0.2) is 6.10 Å². The largest absolute Gasteiger partial charge is 0.487 e.